The molecular formula is C15H17NO3S. The fourth-order valence-corrected chi connectivity index (χ4v) is 3.12. The minimum Gasteiger partial charge on any atom is -0.496 e. The number of ether oxygens (including phenoxy) is 1. The highest BCUT2D eigenvalue weighted by atomic mass is 32.2. The fourth-order valence-electron chi connectivity index (χ4n) is 1.91. The first-order valence-electron chi connectivity index (χ1n) is 6.17. The fraction of sp³-hybridized carbons (Fsp3) is 0.200. The summed E-state index contributed by atoms with van der Waals surface area (Å²) in [6.07, 6.45) is 0. The zero-order valence-electron chi connectivity index (χ0n) is 11.7. The Morgan fingerprint density at radius 2 is 1.70 bits per heavy atom. The molecule has 0 heterocycles. The van der Waals surface area contributed by atoms with Gasteiger partial charge in [0.2, 0.25) is 0 Å². The summed E-state index contributed by atoms with van der Waals surface area (Å²) in [5.74, 6) is 0.667. The molecule has 0 radical (unpaired) electrons. The molecule has 0 aliphatic carbocycles. The Bertz CT molecular complexity index is 724. The minimum absolute atomic E-state index is 0.221. The smallest absolute Gasteiger partial charge is 0.261 e. The van der Waals surface area contributed by atoms with E-state index in [1.165, 1.54) is 6.07 Å². The third-order valence-corrected chi connectivity index (χ3v) is 4.43. The molecule has 0 atom stereocenters. The molecule has 20 heavy (non-hydrogen) atoms. The van der Waals surface area contributed by atoms with Gasteiger partial charge in [-0.05, 0) is 49.2 Å². The normalized spacial score (nSPS) is 11.2. The topological polar surface area (TPSA) is 55.4 Å². The summed E-state index contributed by atoms with van der Waals surface area (Å²) >= 11 is 0. The van der Waals surface area contributed by atoms with E-state index in [0.29, 0.717) is 11.4 Å². The Kier molecular flexibility index (Phi) is 3.99. The van der Waals surface area contributed by atoms with Crippen LogP contribution in [0.15, 0.2) is 47.4 Å². The van der Waals surface area contributed by atoms with Crippen LogP contribution in [0.3, 0.4) is 0 Å². The maximum atomic E-state index is 12.4. The van der Waals surface area contributed by atoms with Crippen LogP contribution < -0.4 is 9.46 Å². The lowest BCUT2D eigenvalue weighted by Gasteiger charge is -2.12. The predicted octanol–water partition coefficient (Wildman–Crippen LogP) is 3.11. The van der Waals surface area contributed by atoms with Crippen LogP contribution in [0.1, 0.15) is 11.1 Å². The van der Waals surface area contributed by atoms with Crippen molar-refractivity contribution in [3.63, 3.8) is 0 Å². The van der Waals surface area contributed by atoms with E-state index in [4.69, 9.17) is 4.74 Å². The highest BCUT2D eigenvalue weighted by Crippen LogP contribution is 2.24. The molecule has 0 aromatic heterocycles. The number of hydrogen-bond donors (Lipinski definition) is 1. The molecule has 2 aromatic carbocycles. The second-order valence-electron chi connectivity index (χ2n) is 4.55. The van der Waals surface area contributed by atoms with Gasteiger partial charge in [-0.3, -0.25) is 4.72 Å². The van der Waals surface area contributed by atoms with Gasteiger partial charge in [-0.15, -0.1) is 0 Å². The lowest BCUT2D eigenvalue weighted by molar-refractivity contribution is 0.411. The van der Waals surface area contributed by atoms with Crippen molar-refractivity contribution in [1.82, 2.24) is 0 Å². The van der Waals surface area contributed by atoms with Crippen molar-refractivity contribution < 1.29 is 13.2 Å². The molecule has 0 aliphatic heterocycles. The van der Waals surface area contributed by atoms with E-state index < -0.39 is 10.0 Å². The number of aryl methyl sites for hydroxylation is 2. The maximum Gasteiger partial charge on any atom is 0.261 e. The summed E-state index contributed by atoms with van der Waals surface area (Å²) < 4.78 is 32.4. The molecule has 0 aliphatic rings. The van der Waals surface area contributed by atoms with E-state index in [-0.39, 0.29) is 4.90 Å². The molecule has 0 unspecified atom stereocenters. The zero-order chi connectivity index (χ0) is 14.8. The summed E-state index contributed by atoms with van der Waals surface area (Å²) in [6, 6.07) is 12.0. The largest absolute Gasteiger partial charge is 0.496 e. The van der Waals surface area contributed by atoms with Gasteiger partial charge < -0.3 is 4.74 Å². The van der Waals surface area contributed by atoms with Gasteiger partial charge >= 0.3 is 0 Å². The van der Waals surface area contributed by atoms with Crippen LogP contribution in [0.2, 0.25) is 0 Å². The van der Waals surface area contributed by atoms with E-state index in [9.17, 15) is 8.42 Å². The van der Waals surface area contributed by atoms with Crippen molar-refractivity contribution in [1.29, 1.82) is 0 Å². The Morgan fingerprint density at radius 1 is 1.00 bits per heavy atom. The molecule has 5 heteroatoms. The maximum absolute atomic E-state index is 12.4. The van der Waals surface area contributed by atoms with E-state index in [1.807, 2.05) is 26.0 Å². The van der Waals surface area contributed by atoms with Crippen LogP contribution in [-0.2, 0) is 10.0 Å². The van der Waals surface area contributed by atoms with Gasteiger partial charge in [0.15, 0.2) is 0 Å². The first kappa shape index (κ1) is 14.4. The molecule has 0 fully saturated rings. The van der Waals surface area contributed by atoms with Gasteiger partial charge in [0, 0.05) is 0 Å². The van der Waals surface area contributed by atoms with Gasteiger partial charge in [0.05, 0.1) is 17.7 Å². The van der Waals surface area contributed by atoms with Crippen LogP contribution >= 0.6 is 0 Å². The summed E-state index contributed by atoms with van der Waals surface area (Å²) in [4.78, 5) is 0.221. The van der Waals surface area contributed by atoms with Crippen LogP contribution in [0.25, 0.3) is 0 Å². The van der Waals surface area contributed by atoms with Crippen molar-refractivity contribution in [2.24, 2.45) is 0 Å². The van der Waals surface area contributed by atoms with E-state index >= 15 is 0 Å². The Morgan fingerprint density at radius 3 is 2.30 bits per heavy atom. The number of methoxy groups -OCH3 is 1. The second-order valence-corrected chi connectivity index (χ2v) is 6.23. The molecule has 2 aromatic rings. The van der Waals surface area contributed by atoms with Crippen molar-refractivity contribution >= 4 is 15.7 Å². The summed E-state index contributed by atoms with van der Waals surface area (Å²) in [7, 11) is -2.03. The first-order chi connectivity index (χ1) is 9.44. The average molecular weight is 291 g/mol. The SMILES string of the molecule is COc1ccc(S(=O)(=O)Nc2ccccc2C)cc1C. The number of rotatable bonds is 4. The molecule has 1 N–H and O–H groups in total. The van der Waals surface area contributed by atoms with Gasteiger partial charge in [-0.2, -0.15) is 0 Å². The first-order valence-corrected chi connectivity index (χ1v) is 7.65. The number of nitrogens with one attached hydrogen (secondary N) is 1. The molecule has 0 saturated carbocycles. The van der Waals surface area contributed by atoms with Crippen LogP contribution in [-0.4, -0.2) is 15.5 Å². The Hall–Kier alpha value is -2.01. The van der Waals surface area contributed by atoms with Gasteiger partial charge in [-0.1, -0.05) is 18.2 Å². The molecule has 0 bridgehead atoms. The molecule has 2 rings (SSSR count). The zero-order valence-corrected chi connectivity index (χ0v) is 12.5. The van der Waals surface area contributed by atoms with E-state index in [0.717, 1.165) is 11.1 Å². The molecular weight excluding hydrogens is 274 g/mol. The summed E-state index contributed by atoms with van der Waals surface area (Å²) in [5.41, 5.74) is 2.24. The third kappa shape index (κ3) is 2.93. The highest BCUT2D eigenvalue weighted by molar-refractivity contribution is 7.92. The second kappa shape index (κ2) is 5.54. The van der Waals surface area contributed by atoms with Gasteiger partial charge in [0.1, 0.15) is 5.75 Å². The quantitative estimate of drug-likeness (QED) is 0.941. The lowest BCUT2D eigenvalue weighted by Crippen LogP contribution is -2.14. The lowest BCUT2D eigenvalue weighted by atomic mass is 10.2. The monoisotopic (exact) mass is 291 g/mol. The average Bonchev–Trinajstić information content (AvgIpc) is 2.41. The van der Waals surface area contributed by atoms with Crippen molar-refractivity contribution in [3.8, 4) is 5.75 Å². The molecule has 106 valence electrons. The summed E-state index contributed by atoms with van der Waals surface area (Å²) in [6.45, 7) is 3.67. The predicted molar refractivity (Wildman–Crippen MR) is 79.7 cm³/mol. The minimum atomic E-state index is -3.59. The summed E-state index contributed by atoms with van der Waals surface area (Å²) in [5, 5.41) is 0. The van der Waals surface area contributed by atoms with Crippen molar-refractivity contribution in [2.75, 3.05) is 11.8 Å². The molecule has 0 amide bonds. The van der Waals surface area contributed by atoms with Crippen LogP contribution in [0.4, 0.5) is 5.69 Å². The van der Waals surface area contributed by atoms with Crippen molar-refractivity contribution in [2.45, 2.75) is 18.7 Å². The van der Waals surface area contributed by atoms with Gasteiger partial charge in [-0.25, -0.2) is 8.42 Å². The van der Waals surface area contributed by atoms with Crippen LogP contribution in [0.5, 0.6) is 5.75 Å². The molecule has 4 nitrogen and oxygen atoms in total. The van der Waals surface area contributed by atoms with Gasteiger partial charge in [0.25, 0.3) is 10.0 Å². The Balaban J connectivity index is 2.36. The van der Waals surface area contributed by atoms with E-state index in [2.05, 4.69) is 4.72 Å². The third-order valence-electron chi connectivity index (χ3n) is 3.07. The Labute approximate surface area is 119 Å². The number of hydrogen-bond acceptors (Lipinski definition) is 3. The highest BCUT2D eigenvalue weighted by Gasteiger charge is 2.16. The van der Waals surface area contributed by atoms with Crippen molar-refractivity contribution in [3.05, 3.63) is 53.6 Å². The number of benzene rings is 2. The number of sulfonamides is 1. The molecule has 0 spiro atoms. The molecule has 0 saturated heterocycles. The van der Waals surface area contributed by atoms with Crippen LogP contribution in [0, 0.1) is 13.8 Å². The number of anilines is 1. The number of para-hydroxylation sites is 1. The standard InChI is InChI=1S/C15H17NO3S/c1-11-6-4-5-7-14(11)16-20(17,18)13-8-9-15(19-3)12(2)10-13/h4-10,16H,1-3H3. The van der Waals surface area contributed by atoms with E-state index in [1.54, 1.807) is 31.4 Å².